The van der Waals surface area contributed by atoms with E-state index in [0.29, 0.717) is 39.5 Å². The molecular weight excluding hydrogens is 457 g/mol. The standard InChI is InChI=1S/C27H30FN7O/c1-26(2)12-19(13-27(33-26)7-8-27)35(4)23-6-5-21(30-31-23)25-22(36)11-17(14-29-25)16-9-18-15-34(3)32-24(18)20(28)10-16/h5-6,9-11,14-15,19,33,36H,7-8,12-13H2,1-4H3. The first-order valence-electron chi connectivity index (χ1n) is 12.3. The molecule has 0 bridgehead atoms. The third kappa shape index (κ3) is 4.07. The van der Waals surface area contributed by atoms with Crippen molar-refractivity contribution in [2.24, 2.45) is 7.05 Å². The highest BCUT2D eigenvalue weighted by molar-refractivity contribution is 5.85. The van der Waals surface area contributed by atoms with Gasteiger partial charge in [0.2, 0.25) is 0 Å². The van der Waals surface area contributed by atoms with Crippen molar-refractivity contribution in [2.45, 2.75) is 56.7 Å². The molecule has 4 aromatic rings. The molecule has 8 nitrogen and oxygen atoms in total. The fraction of sp³-hybridized carbons (Fsp3) is 0.407. The number of nitrogens with one attached hydrogen (secondary N) is 1. The number of pyridine rings is 1. The minimum Gasteiger partial charge on any atom is -0.506 e. The molecule has 2 fully saturated rings. The normalized spacial score (nSPS) is 20.1. The van der Waals surface area contributed by atoms with Crippen LogP contribution in [0.3, 0.4) is 0 Å². The Hall–Kier alpha value is -3.59. The highest BCUT2D eigenvalue weighted by Crippen LogP contribution is 2.47. The molecule has 1 spiro atoms. The molecule has 1 aliphatic heterocycles. The first-order chi connectivity index (χ1) is 17.1. The van der Waals surface area contributed by atoms with Crippen molar-refractivity contribution in [2.75, 3.05) is 11.9 Å². The molecule has 2 aliphatic rings. The predicted octanol–water partition coefficient (Wildman–Crippen LogP) is 4.44. The van der Waals surface area contributed by atoms with Crippen LogP contribution in [0.1, 0.15) is 39.5 Å². The number of aromatic hydroxyl groups is 1. The molecule has 1 aromatic carbocycles. The summed E-state index contributed by atoms with van der Waals surface area (Å²) >= 11 is 0. The van der Waals surface area contributed by atoms with Gasteiger partial charge in [-0.2, -0.15) is 5.10 Å². The van der Waals surface area contributed by atoms with Crippen LogP contribution >= 0.6 is 0 Å². The summed E-state index contributed by atoms with van der Waals surface area (Å²) in [4.78, 5) is 6.65. The monoisotopic (exact) mass is 487 g/mol. The summed E-state index contributed by atoms with van der Waals surface area (Å²) in [6.45, 7) is 4.53. The summed E-state index contributed by atoms with van der Waals surface area (Å²) in [5, 5.41) is 28.2. The van der Waals surface area contributed by atoms with Crippen molar-refractivity contribution >= 4 is 16.7 Å². The lowest BCUT2D eigenvalue weighted by molar-refractivity contribution is 0.203. The minimum absolute atomic E-state index is 0.0367. The summed E-state index contributed by atoms with van der Waals surface area (Å²) in [6, 6.07) is 8.96. The van der Waals surface area contributed by atoms with Gasteiger partial charge in [-0.3, -0.25) is 4.68 Å². The van der Waals surface area contributed by atoms with Gasteiger partial charge in [0.15, 0.2) is 11.6 Å². The van der Waals surface area contributed by atoms with Crippen LogP contribution in [-0.2, 0) is 7.05 Å². The Morgan fingerprint density at radius 2 is 1.92 bits per heavy atom. The van der Waals surface area contributed by atoms with E-state index in [9.17, 15) is 9.50 Å². The lowest BCUT2D eigenvalue weighted by Gasteiger charge is -2.45. The van der Waals surface area contributed by atoms with Crippen molar-refractivity contribution < 1.29 is 9.50 Å². The van der Waals surface area contributed by atoms with Gasteiger partial charge in [-0.05, 0) is 75.4 Å². The molecule has 2 N–H and O–H groups in total. The molecule has 186 valence electrons. The number of anilines is 1. The third-order valence-corrected chi connectivity index (χ3v) is 7.51. The second-order valence-corrected chi connectivity index (χ2v) is 11.0. The largest absolute Gasteiger partial charge is 0.506 e. The highest BCUT2D eigenvalue weighted by Gasteiger charge is 2.51. The summed E-state index contributed by atoms with van der Waals surface area (Å²) in [5.41, 5.74) is 2.71. The zero-order valence-electron chi connectivity index (χ0n) is 21.0. The van der Waals surface area contributed by atoms with Crippen LogP contribution in [-0.4, -0.2) is 54.2 Å². The number of fused-ring (bicyclic) bond motifs is 1. The second-order valence-electron chi connectivity index (χ2n) is 11.0. The number of piperidine rings is 1. The maximum Gasteiger partial charge on any atom is 0.151 e. The number of benzene rings is 1. The van der Waals surface area contributed by atoms with E-state index in [-0.39, 0.29) is 16.8 Å². The fourth-order valence-corrected chi connectivity index (χ4v) is 5.70. The van der Waals surface area contributed by atoms with E-state index in [1.165, 1.54) is 18.9 Å². The zero-order valence-corrected chi connectivity index (χ0v) is 21.0. The van der Waals surface area contributed by atoms with Crippen molar-refractivity contribution in [3.05, 3.63) is 48.5 Å². The summed E-state index contributed by atoms with van der Waals surface area (Å²) in [7, 11) is 3.83. The summed E-state index contributed by atoms with van der Waals surface area (Å²) in [5.74, 6) is 0.348. The molecule has 0 amide bonds. The van der Waals surface area contributed by atoms with Gasteiger partial charge in [-0.25, -0.2) is 9.37 Å². The first kappa shape index (κ1) is 22.8. The maximum atomic E-state index is 14.5. The quantitative estimate of drug-likeness (QED) is 0.440. The second kappa shape index (κ2) is 7.96. The molecule has 4 heterocycles. The Bertz CT molecular complexity index is 1450. The van der Waals surface area contributed by atoms with Gasteiger partial charge in [0, 0.05) is 54.6 Å². The van der Waals surface area contributed by atoms with Crippen molar-refractivity contribution in [3.63, 3.8) is 0 Å². The topological polar surface area (TPSA) is 92.0 Å². The lowest BCUT2D eigenvalue weighted by Crippen LogP contribution is -2.58. The van der Waals surface area contributed by atoms with Crippen LogP contribution in [0.2, 0.25) is 0 Å². The highest BCUT2D eigenvalue weighted by atomic mass is 19.1. The third-order valence-electron chi connectivity index (χ3n) is 7.51. The Labute approximate surface area is 209 Å². The van der Waals surface area contributed by atoms with Crippen LogP contribution in [0.15, 0.2) is 42.7 Å². The Morgan fingerprint density at radius 1 is 1.11 bits per heavy atom. The van der Waals surface area contributed by atoms with Crippen molar-refractivity contribution in [1.82, 2.24) is 30.3 Å². The summed E-state index contributed by atoms with van der Waals surface area (Å²) < 4.78 is 16.1. The van der Waals surface area contributed by atoms with Crippen LogP contribution in [0.4, 0.5) is 10.2 Å². The first-order valence-corrected chi connectivity index (χ1v) is 12.3. The molecule has 0 radical (unpaired) electrons. The van der Waals surface area contributed by atoms with Crippen LogP contribution in [0, 0.1) is 5.82 Å². The molecule has 1 aliphatic carbocycles. The molecule has 3 aromatic heterocycles. The van der Waals surface area contributed by atoms with Gasteiger partial charge >= 0.3 is 0 Å². The molecule has 1 saturated heterocycles. The number of hydrogen-bond donors (Lipinski definition) is 2. The van der Waals surface area contributed by atoms with E-state index in [4.69, 9.17) is 0 Å². The summed E-state index contributed by atoms with van der Waals surface area (Å²) in [6.07, 6.45) is 7.96. The lowest BCUT2D eigenvalue weighted by atomic mass is 9.83. The number of rotatable bonds is 4. The van der Waals surface area contributed by atoms with Gasteiger partial charge in [-0.1, -0.05) is 0 Å². The fourth-order valence-electron chi connectivity index (χ4n) is 5.70. The van der Waals surface area contributed by atoms with Gasteiger partial charge in [0.25, 0.3) is 0 Å². The number of hydrogen-bond acceptors (Lipinski definition) is 7. The number of aromatic nitrogens is 5. The molecule has 1 saturated carbocycles. The Kier molecular flexibility index (Phi) is 5.05. The maximum absolute atomic E-state index is 14.5. The number of aryl methyl sites for hydroxylation is 1. The average molecular weight is 488 g/mol. The minimum atomic E-state index is -0.415. The Morgan fingerprint density at radius 3 is 2.61 bits per heavy atom. The number of nitrogens with zero attached hydrogens (tertiary/aromatic N) is 6. The molecule has 1 atom stereocenters. The molecular formula is C27H30FN7O. The van der Waals surface area contributed by atoms with E-state index in [2.05, 4.69) is 51.4 Å². The molecule has 6 rings (SSSR count). The molecule has 36 heavy (non-hydrogen) atoms. The van der Waals surface area contributed by atoms with E-state index in [1.807, 2.05) is 18.2 Å². The van der Waals surface area contributed by atoms with E-state index in [0.717, 1.165) is 18.7 Å². The van der Waals surface area contributed by atoms with Crippen molar-refractivity contribution in [3.8, 4) is 28.3 Å². The van der Waals surface area contributed by atoms with Gasteiger partial charge in [-0.15, -0.1) is 10.2 Å². The van der Waals surface area contributed by atoms with Gasteiger partial charge in [0.1, 0.15) is 22.7 Å². The van der Waals surface area contributed by atoms with Crippen LogP contribution in [0.25, 0.3) is 33.4 Å². The molecule has 9 heteroatoms. The van der Waals surface area contributed by atoms with Crippen LogP contribution < -0.4 is 10.2 Å². The SMILES string of the molecule is CN(c1ccc(-c2ncc(-c3cc(F)c4nn(C)cc4c3)cc2O)nn1)C1CC(C)(C)NC2(CC2)C1. The van der Waals surface area contributed by atoms with Gasteiger partial charge < -0.3 is 15.3 Å². The smallest absolute Gasteiger partial charge is 0.151 e. The molecule has 1 unspecified atom stereocenters. The van der Waals surface area contributed by atoms with E-state index >= 15 is 0 Å². The van der Waals surface area contributed by atoms with E-state index in [1.54, 1.807) is 30.2 Å². The zero-order chi connectivity index (χ0) is 25.2. The van der Waals surface area contributed by atoms with E-state index < -0.39 is 5.82 Å². The van der Waals surface area contributed by atoms with Crippen LogP contribution in [0.5, 0.6) is 5.75 Å². The average Bonchev–Trinajstić information content (AvgIpc) is 3.43. The van der Waals surface area contributed by atoms with Gasteiger partial charge in [0.05, 0.1) is 0 Å². The Balaban J connectivity index is 1.24. The van der Waals surface area contributed by atoms with Crippen molar-refractivity contribution in [1.29, 1.82) is 0 Å². The number of halogens is 1. The predicted molar refractivity (Wildman–Crippen MR) is 137 cm³/mol.